The van der Waals surface area contributed by atoms with Crippen LogP contribution in [-0.4, -0.2) is 57.6 Å². The van der Waals surface area contributed by atoms with E-state index >= 15 is 0 Å². The van der Waals surface area contributed by atoms with Crippen molar-refractivity contribution in [2.75, 3.05) is 25.5 Å². The van der Waals surface area contributed by atoms with Crippen LogP contribution in [0.1, 0.15) is 38.9 Å². The van der Waals surface area contributed by atoms with Crippen molar-refractivity contribution in [1.82, 2.24) is 19.4 Å². The molecular weight excluding hydrogens is 435 g/mol. The molecule has 0 spiro atoms. The number of nitrogens with zero attached hydrogens (tertiary/aromatic N) is 4. The van der Waals surface area contributed by atoms with E-state index in [0.29, 0.717) is 41.1 Å². The maximum absolute atomic E-state index is 12.8. The molecule has 1 aliphatic heterocycles. The molecule has 4 saturated carbocycles. The van der Waals surface area contributed by atoms with Gasteiger partial charge in [-0.1, -0.05) is 13.8 Å². The SMILES string of the molecule is CC(C)c1nc(-c2cnc(N)c(OC(F)(F)F)c2)cn1[C@]12C3C(N4CCOC[C@@H]4C)C[C@@H]1[C@H]32. The third-order valence-electron chi connectivity index (χ3n) is 8.09. The maximum atomic E-state index is 12.8. The van der Waals surface area contributed by atoms with Gasteiger partial charge in [0.05, 0.1) is 24.4 Å². The van der Waals surface area contributed by atoms with E-state index in [-0.39, 0.29) is 17.3 Å². The van der Waals surface area contributed by atoms with Crippen LogP contribution in [0.4, 0.5) is 19.0 Å². The number of morpholine rings is 1. The van der Waals surface area contributed by atoms with E-state index in [9.17, 15) is 13.2 Å². The molecule has 3 heterocycles. The van der Waals surface area contributed by atoms with E-state index < -0.39 is 12.1 Å². The van der Waals surface area contributed by atoms with E-state index in [0.717, 1.165) is 25.6 Å². The molecule has 2 N–H and O–H groups in total. The van der Waals surface area contributed by atoms with Crippen molar-refractivity contribution in [2.24, 2.45) is 17.8 Å². The topological polar surface area (TPSA) is 78.4 Å². The molecule has 0 amide bonds. The van der Waals surface area contributed by atoms with Crippen LogP contribution in [0.3, 0.4) is 0 Å². The molecule has 4 aliphatic carbocycles. The third-order valence-corrected chi connectivity index (χ3v) is 8.09. The van der Waals surface area contributed by atoms with E-state index in [4.69, 9.17) is 15.5 Å². The van der Waals surface area contributed by atoms with Gasteiger partial charge in [-0.15, -0.1) is 13.2 Å². The van der Waals surface area contributed by atoms with Crippen molar-refractivity contribution in [3.63, 3.8) is 0 Å². The third kappa shape index (κ3) is 3.02. The molecule has 0 aromatic carbocycles. The second kappa shape index (κ2) is 6.85. The summed E-state index contributed by atoms with van der Waals surface area (Å²) in [5, 5.41) is 0. The number of nitrogen functional groups attached to an aromatic ring is 1. The summed E-state index contributed by atoms with van der Waals surface area (Å²) in [6, 6.07) is 2.26. The molecule has 0 radical (unpaired) electrons. The standard InChI is InChI=1S/C23H28F3N5O2/c1-11(2)21-29-15(13-6-17(20(27)28-8-13)33-23(24,25)26)9-31(21)22-14-7-16(19(22)18(14)22)30-4-5-32-10-12(30)3/h6,8-9,11-12,14,16,18-19H,4-5,7,10H2,1-3H3,(H2,27,28)/t12-,14+,16?,18+,19?,22+/m0/s1. The van der Waals surface area contributed by atoms with Gasteiger partial charge >= 0.3 is 6.36 Å². The van der Waals surface area contributed by atoms with Crippen LogP contribution in [0, 0.1) is 17.8 Å². The van der Waals surface area contributed by atoms with Gasteiger partial charge in [-0.2, -0.15) is 0 Å². The fraction of sp³-hybridized carbons (Fsp3) is 0.652. The average Bonchev–Trinajstić information content (AvgIpc) is 3.30. The van der Waals surface area contributed by atoms with Gasteiger partial charge in [0, 0.05) is 48.4 Å². The minimum Gasteiger partial charge on any atom is -0.402 e. The number of alkyl halides is 3. The van der Waals surface area contributed by atoms with Gasteiger partial charge in [-0.3, -0.25) is 4.90 Å². The summed E-state index contributed by atoms with van der Waals surface area (Å²) in [5.41, 5.74) is 6.78. The lowest BCUT2D eigenvalue weighted by atomic mass is 10.1. The van der Waals surface area contributed by atoms with Crippen LogP contribution < -0.4 is 10.5 Å². The molecular formula is C23H28F3N5O2. The Labute approximate surface area is 190 Å². The number of ether oxygens (including phenoxy) is 2. The van der Waals surface area contributed by atoms with E-state index in [1.54, 1.807) is 0 Å². The number of nitrogens with two attached hydrogens (primary N) is 1. The first-order valence-electron chi connectivity index (χ1n) is 11.6. The molecule has 1 saturated heterocycles. The Kier molecular flexibility index (Phi) is 4.40. The fourth-order valence-electron chi connectivity index (χ4n) is 6.74. The van der Waals surface area contributed by atoms with Crippen molar-refractivity contribution in [1.29, 1.82) is 0 Å². The van der Waals surface area contributed by atoms with Gasteiger partial charge in [0.25, 0.3) is 0 Å². The number of hydrogen-bond acceptors (Lipinski definition) is 6. The molecule has 10 heteroatoms. The van der Waals surface area contributed by atoms with Gasteiger partial charge in [-0.25, -0.2) is 9.97 Å². The number of halogens is 3. The number of fused-ring (bicyclic) bond motifs is 1. The molecule has 5 fully saturated rings. The molecule has 5 aliphatic rings. The van der Waals surface area contributed by atoms with Crippen molar-refractivity contribution >= 4 is 5.82 Å². The van der Waals surface area contributed by atoms with Crippen LogP contribution in [0.5, 0.6) is 5.75 Å². The molecule has 7 nitrogen and oxygen atoms in total. The minimum atomic E-state index is -4.84. The van der Waals surface area contributed by atoms with Crippen LogP contribution in [0.2, 0.25) is 0 Å². The zero-order valence-corrected chi connectivity index (χ0v) is 18.8. The number of aromatic nitrogens is 3. The van der Waals surface area contributed by atoms with Crippen LogP contribution in [0.25, 0.3) is 11.3 Å². The largest absolute Gasteiger partial charge is 0.573 e. The fourth-order valence-corrected chi connectivity index (χ4v) is 6.74. The zero-order valence-electron chi connectivity index (χ0n) is 18.8. The second-order valence-electron chi connectivity index (χ2n) is 10.2. The molecule has 6 atom stereocenters. The number of hydrogen-bond donors (Lipinski definition) is 1. The van der Waals surface area contributed by atoms with E-state index in [2.05, 4.69) is 40.0 Å². The second-order valence-corrected chi connectivity index (χ2v) is 10.2. The van der Waals surface area contributed by atoms with Crippen molar-refractivity contribution in [3.8, 4) is 17.0 Å². The Morgan fingerprint density at radius 2 is 2.09 bits per heavy atom. The highest BCUT2D eigenvalue weighted by Crippen LogP contribution is 2.89. The Morgan fingerprint density at radius 3 is 2.76 bits per heavy atom. The van der Waals surface area contributed by atoms with Gasteiger partial charge in [-0.05, 0) is 31.2 Å². The highest BCUT2D eigenvalue weighted by Gasteiger charge is 2.94. The lowest BCUT2D eigenvalue weighted by molar-refractivity contribution is -0.274. The van der Waals surface area contributed by atoms with Crippen LogP contribution >= 0.6 is 0 Å². The quantitative estimate of drug-likeness (QED) is 0.730. The molecule has 2 unspecified atom stereocenters. The number of pyridine rings is 1. The first-order valence-corrected chi connectivity index (χ1v) is 11.6. The van der Waals surface area contributed by atoms with E-state index in [1.165, 1.54) is 18.7 Å². The number of imidazole rings is 1. The summed E-state index contributed by atoms with van der Waals surface area (Å²) in [4.78, 5) is 11.4. The summed E-state index contributed by atoms with van der Waals surface area (Å²) in [5.74, 6) is 2.27. The number of rotatable bonds is 5. The van der Waals surface area contributed by atoms with Gasteiger partial charge in [0.15, 0.2) is 11.6 Å². The zero-order chi connectivity index (χ0) is 23.3. The summed E-state index contributed by atoms with van der Waals surface area (Å²) in [6.45, 7) is 8.98. The first-order chi connectivity index (χ1) is 15.6. The van der Waals surface area contributed by atoms with Crippen molar-refractivity contribution < 1.29 is 22.6 Å². The molecule has 2 bridgehead atoms. The smallest absolute Gasteiger partial charge is 0.402 e. The highest BCUT2D eigenvalue weighted by atomic mass is 19.4. The van der Waals surface area contributed by atoms with E-state index in [1.807, 2.05) is 6.20 Å². The lowest BCUT2D eigenvalue weighted by Gasteiger charge is -2.38. The maximum Gasteiger partial charge on any atom is 0.573 e. The molecule has 33 heavy (non-hydrogen) atoms. The van der Waals surface area contributed by atoms with Crippen LogP contribution in [-0.2, 0) is 10.3 Å². The predicted octanol–water partition coefficient (Wildman–Crippen LogP) is 3.61. The predicted molar refractivity (Wildman–Crippen MR) is 114 cm³/mol. The summed E-state index contributed by atoms with van der Waals surface area (Å²) < 4.78 is 50.4. The van der Waals surface area contributed by atoms with Crippen molar-refractivity contribution in [2.45, 2.75) is 57.1 Å². The lowest BCUT2D eigenvalue weighted by Crippen LogP contribution is -2.49. The van der Waals surface area contributed by atoms with Gasteiger partial charge in [0.1, 0.15) is 5.82 Å². The Hall–Kier alpha value is -2.33. The Bertz CT molecular complexity index is 1100. The van der Waals surface area contributed by atoms with Gasteiger partial charge in [0.2, 0.25) is 0 Å². The highest BCUT2D eigenvalue weighted by molar-refractivity contribution is 5.64. The molecule has 2 aromatic rings. The molecule has 2 aromatic heterocycles. The van der Waals surface area contributed by atoms with Crippen molar-refractivity contribution in [3.05, 3.63) is 24.3 Å². The minimum absolute atomic E-state index is 0.111. The Morgan fingerprint density at radius 1 is 1.30 bits per heavy atom. The number of anilines is 1. The average molecular weight is 464 g/mol. The summed E-state index contributed by atoms with van der Waals surface area (Å²) in [7, 11) is 0. The molecule has 178 valence electrons. The van der Waals surface area contributed by atoms with Gasteiger partial charge < -0.3 is 19.8 Å². The normalized spacial score (nSPS) is 35.1. The Balaban J connectivity index is 1.32. The molecule has 7 rings (SSSR count). The monoisotopic (exact) mass is 463 g/mol. The van der Waals surface area contributed by atoms with Crippen LogP contribution in [0.15, 0.2) is 18.5 Å². The first kappa shape index (κ1) is 21.2. The summed E-state index contributed by atoms with van der Waals surface area (Å²) in [6.07, 6.45) is -0.192. The summed E-state index contributed by atoms with van der Waals surface area (Å²) >= 11 is 0.